The molecule has 2 N–H and O–H groups in total. The molecule has 1 heterocycles. The van der Waals surface area contributed by atoms with E-state index in [1.165, 1.54) is 0 Å². The van der Waals surface area contributed by atoms with E-state index in [9.17, 15) is 5.11 Å². The van der Waals surface area contributed by atoms with E-state index >= 15 is 0 Å². The van der Waals surface area contributed by atoms with Gasteiger partial charge >= 0.3 is 0 Å². The summed E-state index contributed by atoms with van der Waals surface area (Å²) in [6.07, 6.45) is 0. The maximum Gasteiger partial charge on any atom is 0.142 e. The smallest absolute Gasteiger partial charge is 0.142 e. The van der Waals surface area contributed by atoms with Gasteiger partial charge in [0.2, 0.25) is 0 Å². The van der Waals surface area contributed by atoms with Crippen molar-refractivity contribution in [3.05, 3.63) is 59.8 Å². The highest BCUT2D eigenvalue weighted by atomic mass is 16.3. The van der Waals surface area contributed by atoms with E-state index in [4.69, 9.17) is 5.26 Å². The zero-order valence-corrected chi connectivity index (χ0v) is 10.7. The Morgan fingerprint density at radius 3 is 2.58 bits per heavy atom. The summed E-state index contributed by atoms with van der Waals surface area (Å²) in [6.45, 7) is 1.82. The largest absolute Gasteiger partial charge is 0.394 e. The highest BCUT2D eigenvalue weighted by molar-refractivity contribution is 5.44. The van der Waals surface area contributed by atoms with Crippen LogP contribution in [0.2, 0.25) is 0 Å². The lowest BCUT2D eigenvalue weighted by Crippen LogP contribution is -2.36. The molecule has 0 aliphatic carbocycles. The lowest BCUT2D eigenvalue weighted by atomic mass is 9.93. The topological polar surface area (TPSA) is 68.9 Å². The third-order valence-corrected chi connectivity index (χ3v) is 2.99. The summed E-state index contributed by atoms with van der Waals surface area (Å²) in [5, 5.41) is 21.7. The molecule has 19 heavy (non-hydrogen) atoms. The normalized spacial score (nSPS) is 13.3. The molecule has 96 valence electrons. The van der Waals surface area contributed by atoms with Crippen LogP contribution in [-0.2, 0) is 5.54 Å². The summed E-state index contributed by atoms with van der Waals surface area (Å²) >= 11 is 0. The van der Waals surface area contributed by atoms with E-state index in [0.717, 1.165) is 5.56 Å². The molecule has 1 aromatic heterocycles. The van der Waals surface area contributed by atoms with Crippen LogP contribution in [0.3, 0.4) is 0 Å². The fourth-order valence-corrected chi connectivity index (χ4v) is 1.86. The summed E-state index contributed by atoms with van der Waals surface area (Å²) in [6, 6.07) is 16.8. The van der Waals surface area contributed by atoms with E-state index in [0.29, 0.717) is 11.5 Å². The molecule has 0 aliphatic heterocycles. The summed E-state index contributed by atoms with van der Waals surface area (Å²) in [5.74, 6) is 0.569. The van der Waals surface area contributed by atoms with Crippen molar-refractivity contribution in [1.82, 2.24) is 4.98 Å². The average Bonchev–Trinajstić information content (AvgIpc) is 2.48. The van der Waals surface area contributed by atoms with Crippen LogP contribution in [0.4, 0.5) is 5.82 Å². The molecule has 4 heteroatoms. The molecule has 0 saturated heterocycles. The van der Waals surface area contributed by atoms with Gasteiger partial charge in [0.05, 0.1) is 12.1 Å². The summed E-state index contributed by atoms with van der Waals surface area (Å²) in [5.41, 5.74) is 0.669. The molecule has 0 aliphatic rings. The van der Waals surface area contributed by atoms with Crippen LogP contribution in [0.1, 0.15) is 18.2 Å². The van der Waals surface area contributed by atoms with Gasteiger partial charge in [-0.15, -0.1) is 0 Å². The average molecular weight is 253 g/mol. The SMILES string of the molecule is CC(CO)(Nc1cccc(C#N)n1)c1ccccc1. The van der Waals surface area contributed by atoms with Crippen LogP contribution in [0, 0.1) is 11.3 Å². The lowest BCUT2D eigenvalue weighted by Gasteiger charge is -2.30. The third kappa shape index (κ3) is 2.90. The van der Waals surface area contributed by atoms with Gasteiger partial charge in [-0.2, -0.15) is 5.26 Å². The zero-order chi connectivity index (χ0) is 13.7. The predicted molar refractivity (Wildman–Crippen MR) is 73.5 cm³/mol. The Morgan fingerprint density at radius 1 is 1.21 bits per heavy atom. The Labute approximate surface area is 112 Å². The van der Waals surface area contributed by atoms with Gasteiger partial charge in [-0.05, 0) is 24.6 Å². The zero-order valence-electron chi connectivity index (χ0n) is 10.7. The molecule has 0 radical (unpaired) electrons. The maximum absolute atomic E-state index is 9.67. The first-order valence-corrected chi connectivity index (χ1v) is 6.00. The number of aromatic nitrogens is 1. The van der Waals surface area contributed by atoms with Crippen molar-refractivity contribution in [2.45, 2.75) is 12.5 Å². The standard InChI is InChI=1S/C15H15N3O/c1-15(11-19,12-6-3-2-4-7-12)18-14-9-5-8-13(10-16)17-14/h2-9,19H,11H2,1H3,(H,17,18). The van der Waals surface area contributed by atoms with E-state index in [-0.39, 0.29) is 6.61 Å². The summed E-state index contributed by atoms with van der Waals surface area (Å²) < 4.78 is 0. The van der Waals surface area contributed by atoms with Gasteiger partial charge in [0.1, 0.15) is 17.6 Å². The van der Waals surface area contributed by atoms with Crippen molar-refractivity contribution in [3.63, 3.8) is 0 Å². The molecule has 2 aromatic rings. The Hall–Kier alpha value is -2.38. The Kier molecular flexibility index (Phi) is 3.79. The lowest BCUT2D eigenvalue weighted by molar-refractivity contribution is 0.223. The van der Waals surface area contributed by atoms with E-state index in [1.807, 2.05) is 43.3 Å². The number of nitrogens with zero attached hydrogens (tertiary/aromatic N) is 2. The number of pyridine rings is 1. The molecule has 0 amide bonds. The molecular weight excluding hydrogens is 238 g/mol. The van der Waals surface area contributed by atoms with Crippen molar-refractivity contribution >= 4 is 5.82 Å². The quantitative estimate of drug-likeness (QED) is 0.877. The van der Waals surface area contributed by atoms with Crippen LogP contribution in [0.5, 0.6) is 0 Å². The minimum Gasteiger partial charge on any atom is -0.394 e. The maximum atomic E-state index is 9.67. The fraction of sp³-hybridized carbons (Fsp3) is 0.200. The Bertz CT molecular complexity index is 592. The molecule has 0 fully saturated rings. The van der Waals surface area contributed by atoms with Crippen LogP contribution in [-0.4, -0.2) is 16.7 Å². The number of benzene rings is 1. The van der Waals surface area contributed by atoms with Crippen molar-refractivity contribution < 1.29 is 5.11 Å². The number of nitrogens with one attached hydrogen (secondary N) is 1. The van der Waals surface area contributed by atoms with Gasteiger partial charge in [0, 0.05) is 0 Å². The molecule has 0 spiro atoms. The number of nitriles is 1. The van der Waals surface area contributed by atoms with Crippen molar-refractivity contribution in [1.29, 1.82) is 5.26 Å². The van der Waals surface area contributed by atoms with Gasteiger partial charge in [-0.25, -0.2) is 4.98 Å². The minimum absolute atomic E-state index is 0.0739. The van der Waals surface area contributed by atoms with E-state index in [2.05, 4.69) is 10.3 Å². The second-order valence-electron chi connectivity index (χ2n) is 4.50. The fourth-order valence-electron chi connectivity index (χ4n) is 1.86. The molecule has 4 nitrogen and oxygen atoms in total. The first-order chi connectivity index (χ1) is 9.18. The van der Waals surface area contributed by atoms with Crippen LogP contribution in [0.25, 0.3) is 0 Å². The number of hydrogen-bond acceptors (Lipinski definition) is 4. The number of hydrogen-bond donors (Lipinski definition) is 2. The predicted octanol–water partition coefficient (Wildman–Crippen LogP) is 2.27. The van der Waals surface area contributed by atoms with Gasteiger partial charge in [-0.3, -0.25) is 0 Å². The molecule has 2 rings (SSSR count). The van der Waals surface area contributed by atoms with Crippen molar-refractivity contribution in [3.8, 4) is 6.07 Å². The highest BCUT2D eigenvalue weighted by Crippen LogP contribution is 2.24. The summed E-state index contributed by atoms with van der Waals surface area (Å²) in [7, 11) is 0. The van der Waals surface area contributed by atoms with E-state index in [1.54, 1.807) is 18.2 Å². The van der Waals surface area contributed by atoms with Crippen molar-refractivity contribution in [2.24, 2.45) is 0 Å². The number of aliphatic hydroxyl groups excluding tert-OH is 1. The Morgan fingerprint density at radius 2 is 1.95 bits per heavy atom. The molecule has 1 aromatic carbocycles. The number of aliphatic hydroxyl groups is 1. The van der Waals surface area contributed by atoms with Crippen LogP contribution >= 0.6 is 0 Å². The number of anilines is 1. The second kappa shape index (κ2) is 5.51. The molecule has 0 bridgehead atoms. The first kappa shape index (κ1) is 13.1. The monoisotopic (exact) mass is 253 g/mol. The third-order valence-electron chi connectivity index (χ3n) is 2.99. The van der Waals surface area contributed by atoms with Crippen LogP contribution < -0.4 is 5.32 Å². The first-order valence-electron chi connectivity index (χ1n) is 6.00. The highest BCUT2D eigenvalue weighted by Gasteiger charge is 2.25. The molecule has 1 unspecified atom stereocenters. The minimum atomic E-state index is -0.637. The van der Waals surface area contributed by atoms with Gasteiger partial charge in [-0.1, -0.05) is 36.4 Å². The molecule has 0 saturated carbocycles. The summed E-state index contributed by atoms with van der Waals surface area (Å²) in [4.78, 5) is 4.17. The van der Waals surface area contributed by atoms with Crippen LogP contribution in [0.15, 0.2) is 48.5 Å². The van der Waals surface area contributed by atoms with Gasteiger partial charge in [0.25, 0.3) is 0 Å². The van der Waals surface area contributed by atoms with E-state index < -0.39 is 5.54 Å². The number of rotatable bonds is 4. The van der Waals surface area contributed by atoms with Crippen molar-refractivity contribution in [2.75, 3.05) is 11.9 Å². The second-order valence-corrected chi connectivity index (χ2v) is 4.50. The molecular formula is C15H15N3O. The van der Waals surface area contributed by atoms with Gasteiger partial charge < -0.3 is 10.4 Å². The Balaban J connectivity index is 2.31. The van der Waals surface area contributed by atoms with Gasteiger partial charge in [0.15, 0.2) is 0 Å². The molecule has 1 atom stereocenters.